The van der Waals surface area contributed by atoms with Crippen molar-refractivity contribution in [3.8, 4) is 11.4 Å². The second-order valence-electron chi connectivity index (χ2n) is 4.73. The minimum Gasteiger partial charge on any atom is -0.481 e. The molecule has 1 N–H and O–H groups in total. The summed E-state index contributed by atoms with van der Waals surface area (Å²) in [4.78, 5) is 19.8. The van der Waals surface area contributed by atoms with Gasteiger partial charge < -0.3 is 5.11 Å². The van der Waals surface area contributed by atoms with E-state index < -0.39 is 5.97 Å². The van der Waals surface area contributed by atoms with Crippen molar-refractivity contribution in [2.24, 2.45) is 0 Å². The van der Waals surface area contributed by atoms with Gasteiger partial charge in [0, 0.05) is 27.0 Å². The zero-order valence-corrected chi connectivity index (χ0v) is 13.2. The Balaban J connectivity index is 2.52. The van der Waals surface area contributed by atoms with Gasteiger partial charge in [-0.25, -0.2) is 9.97 Å². The molecule has 0 saturated heterocycles. The number of aliphatic carboxylic acids is 1. The van der Waals surface area contributed by atoms with Gasteiger partial charge in [0.1, 0.15) is 0 Å². The van der Waals surface area contributed by atoms with E-state index in [0.717, 1.165) is 27.0 Å². The molecule has 1 aromatic heterocycles. The summed E-state index contributed by atoms with van der Waals surface area (Å²) in [5, 5.41) is 8.92. The van der Waals surface area contributed by atoms with Gasteiger partial charge >= 0.3 is 5.97 Å². The predicted octanol–water partition coefficient (Wildman–Crippen LogP) is 3.46. The number of aryl methyl sites for hydroxylation is 3. The summed E-state index contributed by atoms with van der Waals surface area (Å²) in [5.74, 6) is -0.230. The van der Waals surface area contributed by atoms with E-state index in [9.17, 15) is 4.79 Å². The van der Waals surface area contributed by atoms with Crippen LogP contribution in [0.3, 0.4) is 0 Å². The fourth-order valence-electron chi connectivity index (χ4n) is 2.14. The first-order valence-corrected chi connectivity index (χ1v) is 7.00. The lowest BCUT2D eigenvalue weighted by molar-refractivity contribution is -0.136. The molecule has 0 amide bonds. The molecule has 0 aliphatic carbocycles. The molecule has 0 aliphatic rings. The van der Waals surface area contributed by atoms with Crippen LogP contribution in [0, 0.1) is 20.8 Å². The highest BCUT2D eigenvalue weighted by Crippen LogP contribution is 2.25. The third-order valence-corrected chi connectivity index (χ3v) is 3.67. The molecule has 0 unspecified atom stereocenters. The highest BCUT2D eigenvalue weighted by Gasteiger charge is 2.13. The number of carbonyl (C=O) groups is 1. The first kappa shape index (κ1) is 14.7. The maximum atomic E-state index is 10.9. The van der Waals surface area contributed by atoms with E-state index in [2.05, 4.69) is 25.9 Å². The van der Waals surface area contributed by atoms with Gasteiger partial charge in [0.15, 0.2) is 5.82 Å². The number of hydrogen-bond acceptors (Lipinski definition) is 3. The number of halogens is 1. The van der Waals surface area contributed by atoms with Crippen molar-refractivity contribution in [3.05, 3.63) is 45.2 Å². The van der Waals surface area contributed by atoms with Gasteiger partial charge in [-0.05, 0) is 44.5 Å². The van der Waals surface area contributed by atoms with Gasteiger partial charge in [-0.2, -0.15) is 0 Å². The third-order valence-electron chi connectivity index (χ3n) is 3.18. The molecule has 2 aromatic rings. The average Bonchev–Trinajstić information content (AvgIpc) is 2.33. The number of benzene rings is 1. The first-order chi connectivity index (χ1) is 9.38. The van der Waals surface area contributed by atoms with Crippen molar-refractivity contribution in [2.45, 2.75) is 27.2 Å². The molecule has 4 nitrogen and oxygen atoms in total. The van der Waals surface area contributed by atoms with Crippen LogP contribution in [-0.2, 0) is 11.2 Å². The lowest BCUT2D eigenvalue weighted by atomic mass is 10.1. The van der Waals surface area contributed by atoms with E-state index in [-0.39, 0.29) is 6.42 Å². The van der Waals surface area contributed by atoms with Gasteiger partial charge in [0.25, 0.3) is 0 Å². The van der Waals surface area contributed by atoms with Crippen molar-refractivity contribution < 1.29 is 9.90 Å². The van der Waals surface area contributed by atoms with E-state index in [0.29, 0.717) is 11.4 Å². The SMILES string of the molecule is Cc1cc(Br)ccc1-c1nc(C)c(CC(=O)O)c(C)n1. The zero-order chi connectivity index (χ0) is 14.9. The molecule has 1 aromatic carbocycles. The lowest BCUT2D eigenvalue weighted by Crippen LogP contribution is -2.08. The highest BCUT2D eigenvalue weighted by molar-refractivity contribution is 9.10. The predicted molar refractivity (Wildman–Crippen MR) is 80.7 cm³/mol. The van der Waals surface area contributed by atoms with E-state index in [1.165, 1.54) is 0 Å². The van der Waals surface area contributed by atoms with Gasteiger partial charge in [0.2, 0.25) is 0 Å². The standard InChI is InChI=1S/C15H15BrN2O2/c1-8-6-11(16)4-5-12(8)15-17-9(2)13(7-14(19)20)10(3)18-15/h4-6H,7H2,1-3H3,(H,19,20). The van der Waals surface area contributed by atoms with E-state index >= 15 is 0 Å². The quantitative estimate of drug-likeness (QED) is 0.933. The Hall–Kier alpha value is -1.75. The second-order valence-corrected chi connectivity index (χ2v) is 5.64. The Bertz CT molecular complexity index is 661. The van der Waals surface area contributed by atoms with E-state index in [1.54, 1.807) is 0 Å². The highest BCUT2D eigenvalue weighted by atomic mass is 79.9. The van der Waals surface area contributed by atoms with Crippen molar-refractivity contribution in [3.63, 3.8) is 0 Å². The van der Waals surface area contributed by atoms with Crippen molar-refractivity contribution in [1.82, 2.24) is 9.97 Å². The van der Waals surface area contributed by atoms with Crippen molar-refractivity contribution in [1.29, 1.82) is 0 Å². The van der Waals surface area contributed by atoms with Crippen LogP contribution in [-0.4, -0.2) is 21.0 Å². The number of carboxylic acids is 1. The topological polar surface area (TPSA) is 63.1 Å². The Kier molecular flexibility index (Phi) is 4.18. The molecular formula is C15H15BrN2O2. The monoisotopic (exact) mass is 334 g/mol. The second kappa shape index (κ2) is 5.71. The number of rotatable bonds is 3. The third kappa shape index (κ3) is 3.04. The first-order valence-electron chi connectivity index (χ1n) is 6.21. The molecule has 20 heavy (non-hydrogen) atoms. The maximum absolute atomic E-state index is 10.9. The summed E-state index contributed by atoms with van der Waals surface area (Å²) in [6.07, 6.45) is -0.0444. The van der Waals surface area contributed by atoms with Gasteiger partial charge in [-0.15, -0.1) is 0 Å². The molecule has 0 atom stereocenters. The minimum absolute atomic E-state index is 0.0444. The van der Waals surface area contributed by atoms with E-state index in [4.69, 9.17) is 5.11 Å². The largest absolute Gasteiger partial charge is 0.481 e. The molecule has 2 rings (SSSR count). The Morgan fingerprint density at radius 2 is 1.80 bits per heavy atom. The normalized spacial score (nSPS) is 10.6. The molecule has 5 heteroatoms. The maximum Gasteiger partial charge on any atom is 0.307 e. The fraction of sp³-hybridized carbons (Fsp3) is 0.267. The minimum atomic E-state index is -0.868. The number of carboxylic acid groups (broad SMARTS) is 1. The Morgan fingerprint density at radius 3 is 2.30 bits per heavy atom. The molecule has 0 spiro atoms. The molecule has 0 bridgehead atoms. The summed E-state index contributed by atoms with van der Waals surface area (Å²) < 4.78 is 1.01. The fourth-order valence-corrected chi connectivity index (χ4v) is 2.62. The lowest BCUT2D eigenvalue weighted by Gasteiger charge is -2.11. The van der Waals surface area contributed by atoms with Crippen LogP contribution < -0.4 is 0 Å². The molecule has 0 saturated carbocycles. The van der Waals surface area contributed by atoms with Crippen molar-refractivity contribution >= 4 is 21.9 Å². The summed E-state index contributed by atoms with van der Waals surface area (Å²) in [6, 6.07) is 5.92. The van der Waals surface area contributed by atoms with Gasteiger partial charge in [-0.1, -0.05) is 15.9 Å². The molecule has 0 radical (unpaired) electrons. The smallest absolute Gasteiger partial charge is 0.307 e. The van der Waals surface area contributed by atoms with E-state index in [1.807, 2.05) is 39.0 Å². The number of nitrogens with zero attached hydrogens (tertiary/aromatic N) is 2. The Morgan fingerprint density at radius 1 is 1.20 bits per heavy atom. The molecule has 0 fully saturated rings. The molecular weight excluding hydrogens is 320 g/mol. The van der Waals surface area contributed by atoms with Crippen LogP contribution in [0.25, 0.3) is 11.4 Å². The van der Waals surface area contributed by atoms with Crippen LogP contribution >= 0.6 is 15.9 Å². The van der Waals surface area contributed by atoms with Gasteiger partial charge in [-0.3, -0.25) is 4.79 Å². The summed E-state index contributed by atoms with van der Waals surface area (Å²) in [5.41, 5.74) is 4.16. The van der Waals surface area contributed by atoms with Crippen LogP contribution in [0.1, 0.15) is 22.5 Å². The van der Waals surface area contributed by atoms with Crippen LogP contribution in [0.5, 0.6) is 0 Å². The van der Waals surface area contributed by atoms with Crippen LogP contribution in [0.4, 0.5) is 0 Å². The molecule has 1 heterocycles. The summed E-state index contributed by atoms with van der Waals surface area (Å²) in [7, 11) is 0. The van der Waals surface area contributed by atoms with Gasteiger partial charge in [0.05, 0.1) is 6.42 Å². The number of aromatic nitrogens is 2. The summed E-state index contributed by atoms with van der Waals surface area (Å²) in [6.45, 7) is 5.65. The van der Waals surface area contributed by atoms with Crippen molar-refractivity contribution in [2.75, 3.05) is 0 Å². The molecule has 0 aliphatic heterocycles. The zero-order valence-electron chi connectivity index (χ0n) is 11.6. The average molecular weight is 335 g/mol. The molecule has 104 valence electrons. The number of hydrogen-bond donors (Lipinski definition) is 1. The van der Waals surface area contributed by atoms with Crippen LogP contribution in [0.15, 0.2) is 22.7 Å². The summed E-state index contributed by atoms with van der Waals surface area (Å²) >= 11 is 3.43. The Labute approximate surface area is 126 Å². The van der Waals surface area contributed by atoms with Crippen LogP contribution in [0.2, 0.25) is 0 Å².